The number of nitrogens with zero attached hydrogens (tertiary/aromatic N) is 3. The molecule has 1 saturated heterocycles. The first-order chi connectivity index (χ1) is 16.5. The van der Waals surface area contributed by atoms with Gasteiger partial charge in [-0.3, -0.25) is 4.79 Å². The number of alkyl halides is 5. The molecule has 0 spiro atoms. The standard InChI is InChI=1S/C20H17F6N5O4/c21-12-2-1-10(3-11(12)19-8-33-6-18(19,24)7-35-17(27)31-19)30-15(32)13-4-29-14(5-28-13)34-9-20(25,26)16(22)23/h1-5,16H,6-9H2,(H2,27,31)(H,30,32)/t18-,19-/m1/s1. The van der Waals surface area contributed by atoms with Gasteiger partial charge in [-0.15, -0.1) is 0 Å². The van der Waals surface area contributed by atoms with Crippen LogP contribution in [0.3, 0.4) is 0 Å². The first kappa shape index (κ1) is 24.5. The van der Waals surface area contributed by atoms with Crippen LogP contribution >= 0.6 is 0 Å². The highest BCUT2D eigenvalue weighted by Gasteiger charge is 2.62. The maximum Gasteiger partial charge on any atom is 0.340 e. The number of benzene rings is 1. The highest BCUT2D eigenvalue weighted by molar-refractivity contribution is 6.02. The van der Waals surface area contributed by atoms with Gasteiger partial charge >= 0.3 is 12.3 Å². The molecular formula is C20H17F6N5O4. The fourth-order valence-electron chi connectivity index (χ4n) is 3.55. The Morgan fingerprint density at radius 2 is 2.00 bits per heavy atom. The first-order valence-electron chi connectivity index (χ1n) is 9.93. The molecule has 1 fully saturated rings. The minimum absolute atomic E-state index is 0.0361. The third kappa shape index (κ3) is 4.54. The van der Waals surface area contributed by atoms with Crippen LogP contribution in [0, 0.1) is 5.82 Å². The van der Waals surface area contributed by atoms with E-state index in [2.05, 4.69) is 25.0 Å². The van der Waals surface area contributed by atoms with Gasteiger partial charge in [0.2, 0.25) is 5.88 Å². The first-order valence-corrected chi connectivity index (χ1v) is 9.93. The van der Waals surface area contributed by atoms with Crippen molar-refractivity contribution in [3.05, 3.63) is 47.7 Å². The number of anilines is 1. The van der Waals surface area contributed by atoms with Crippen molar-refractivity contribution in [3.63, 3.8) is 0 Å². The predicted octanol–water partition coefficient (Wildman–Crippen LogP) is 2.43. The molecule has 15 heteroatoms. The second-order valence-corrected chi connectivity index (χ2v) is 7.80. The van der Waals surface area contributed by atoms with E-state index in [4.69, 9.17) is 15.2 Å². The largest absolute Gasteiger partial charge is 0.470 e. The Morgan fingerprint density at radius 1 is 1.23 bits per heavy atom. The number of hydrogen-bond acceptors (Lipinski definition) is 8. The third-order valence-corrected chi connectivity index (χ3v) is 5.40. The molecule has 2 aliphatic rings. The number of fused-ring (bicyclic) bond motifs is 1. The molecule has 2 aromatic rings. The van der Waals surface area contributed by atoms with Gasteiger partial charge in [-0.1, -0.05) is 0 Å². The SMILES string of the molecule is NC1=N[C@@]2(c3cc(NC(=O)c4cnc(OCC(F)(F)C(F)F)cn4)ccc3F)COC[C@@]2(F)CO1. The number of aromatic nitrogens is 2. The Kier molecular flexibility index (Phi) is 6.21. The molecule has 3 N–H and O–H groups in total. The normalized spacial score (nSPS) is 23.9. The number of hydrogen-bond donors (Lipinski definition) is 2. The van der Waals surface area contributed by atoms with Crippen LogP contribution in [0.2, 0.25) is 0 Å². The molecule has 0 saturated carbocycles. The van der Waals surface area contributed by atoms with Crippen LogP contribution in [0.5, 0.6) is 5.88 Å². The fraction of sp³-hybridized carbons (Fsp3) is 0.400. The van der Waals surface area contributed by atoms with Crippen molar-refractivity contribution in [2.75, 3.05) is 31.7 Å². The summed E-state index contributed by atoms with van der Waals surface area (Å²) in [5.74, 6) is -6.57. The van der Waals surface area contributed by atoms with E-state index in [-0.39, 0.29) is 29.6 Å². The summed E-state index contributed by atoms with van der Waals surface area (Å²) in [7, 11) is 0. The third-order valence-electron chi connectivity index (χ3n) is 5.40. The van der Waals surface area contributed by atoms with Gasteiger partial charge in [-0.25, -0.2) is 32.5 Å². The lowest BCUT2D eigenvalue weighted by molar-refractivity contribution is -0.148. The van der Waals surface area contributed by atoms with Crippen LogP contribution in [-0.2, 0) is 15.0 Å². The molecule has 3 heterocycles. The number of amidine groups is 1. The Morgan fingerprint density at radius 3 is 2.69 bits per heavy atom. The zero-order valence-electron chi connectivity index (χ0n) is 17.6. The lowest BCUT2D eigenvalue weighted by atomic mass is 9.78. The monoisotopic (exact) mass is 505 g/mol. The molecule has 0 bridgehead atoms. The molecule has 188 valence electrons. The minimum atomic E-state index is -4.39. The molecule has 0 unspecified atom stereocenters. The van der Waals surface area contributed by atoms with Gasteiger partial charge in [0.05, 0.1) is 25.6 Å². The van der Waals surface area contributed by atoms with Crippen LogP contribution < -0.4 is 15.8 Å². The van der Waals surface area contributed by atoms with E-state index in [0.29, 0.717) is 0 Å². The maximum absolute atomic E-state index is 15.5. The van der Waals surface area contributed by atoms with E-state index < -0.39 is 61.0 Å². The molecule has 9 nitrogen and oxygen atoms in total. The highest BCUT2D eigenvalue weighted by Crippen LogP contribution is 2.48. The van der Waals surface area contributed by atoms with Crippen LogP contribution in [0.15, 0.2) is 35.6 Å². The van der Waals surface area contributed by atoms with Crippen molar-refractivity contribution >= 4 is 17.6 Å². The van der Waals surface area contributed by atoms with Gasteiger partial charge in [-0.05, 0) is 18.2 Å². The second kappa shape index (κ2) is 8.87. The van der Waals surface area contributed by atoms with Gasteiger partial charge in [0.1, 0.15) is 18.1 Å². The number of rotatable bonds is 7. The average Bonchev–Trinajstić information content (AvgIpc) is 3.16. The zero-order valence-corrected chi connectivity index (χ0v) is 17.6. The molecule has 35 heavy (non-hydrogen) atoms. The van der Waals surface area contributed by atoms with Crippen LogP contribution in [0.4, 0.5) is 32.0 Å². The Bertz CT molecular complexity index is 1150. The molecule has 0 radical (unpaired) electrons. The van der Waals surface area contributed by atoms with Crippen molar-refractivity contribution < 1.29 is 45.3 Å². The van der Waals surface area contributed by atoms with Gasteiger partial charge in [-0.2, -0.15) is 8.78 Å². The Balaban J connectivity index is 1.51. The van der Waals surface area contributed by atoms with Gasteiger partial charge in [0.25, 0.3) is 11.9 Å². The highest BCUT2D eigenvalue weighted by atomic mass is 19.3. The van der Waals surface area contributed by atoms with E-state index in [1.165, 1.54) is 6.07 Å². The number of carbonyl (C=O) groups excluding carboxylic acids is 1. The molecule has 0 aliphatic carbocycles. The van der Waals surface area contributed by atoms with Crippen LogP contribution in [0.1, 0.15) is 16.1 Å². The Labute approximate surface area is 193 Å². The summed E-state index contributed by atoms with van der Waals surface area (Å²) in [5, 5.41) is 2.41. The van der Waals surface area contributed by atoms with E-state index in [0.717, 1.165) is 24.5 Å². The number of ether oxygens (including phenoxy) is 3. The number of halogens is 6. The molecule has 4 rings (SSSR count). The van der Waals surface area contributed by atoms with Crippen molar-refractivity contribution in [1.29, 1.82) is 0 Å². The van der Waals surface area contributed by atoms with Crippen molar-refractivity contribution in [2.45, 2.75) is 23.6 Å². The summed E-state index contributed by atoms with van der Waals surface area (Å²) in [6.07, 6.45) is -2.28. The van der Waals surface area contributed by atoms with Crippen molar-refractivity contribution in [2.24, 2.45) is 10.7 Å². The maximum atomic E-state index is 15.5. The summed E-state index contributed by atoms with van der Waals surface area (Å²) >= 11 is 0. The van der Waals surface area contributed by atoms with Gasteiger partial charge in [0, 0.05) is 11.3 Å². The summed E-state index contributed by atoms with van der Waals surface area (Å²) in [6.45, 7) is -2.87. The van der Waals surface area contributed by atoms with Gasteiger partial charge < -0.3 is 25.3 Å². The van der Waals surface area contributed by atoms with E-state index in [1.807, 2.05) is 0 Å². The van der Waals surface area contributed by atoms with E-state index in [1.54, 1.807) is 0 Å². The summed E-state index contributed by atoms with van der Waals surface area (Å²) < 4.78 is 95.2. The smallest absolute Gasteiger partial charge is 0.340 e. The van der Waals surface area contributed by atoms with Crippen LogP contribution in [0.25, 0.3) is 0 Å². The number of carbonyl (C=O) groups is 1. The molecule has 1 amide bonds. The van der Waals surface area contributed by atoms with E-state index in [9.17, 15) is 26.7 Å². The quantitative estimate of drug-likeness (QED) is 0.555. The number of nitrogens with one attached hydrogen (secondary N) is 1. The summed E-state index contributed by atoms with van der Waals surface area (Å²) in [5.41, 5.74) is 1.06. The number of amides is 1. The zero-order chi connectivity index (χ0) is 25.4. The van der Waals surface area contributed by atoms with Crippen molar-refractivity contribution in [3.8, 4) is 5.88 Å². The lowest BCUT2D eigenvalue weighted by Crippen LogP contribution is -2.55. The fourth-order valence-corrected chi connectivity index (χ4v) is 3.55. The van der Waals surface area contributed by atoms with E-state index >= 15 is 4.39 Å². The Hall–Kier alpha value is -3.62. The lowest BCUT2D eigenvalue weighted by Gasteiger charge is -2.38. The topological polar surface area (TPSA) is 121 Å². The summed E-state index contributed by atoms with van der Waals surface area (Å²) in [6, 6.07) is 3.01. The molecule has 1 aromatic heterocycles. The molecule has 2 aliphatic heterocycles. The second-order valence-electron chi connectivity index (χ2n) is 7.80. The number of nitrogens with two attached hydrogens (primary N) is 1. The van der Waals surface area contributed by atoms with Crippen molar-refractivity contribution in [1.82, 2.24) is 9.97 Å². The average molecular weight is 505 g/mol. The van der Waals surface area contributed by atoms with Crippen LogP contribution in [-0.4, -0.2) is 66.3 Å². The molecule has 2 atom stereocenters. The number of aliphatic imine (C=N–C) groups is 1. The minimum Gasteiger partial charge on any atom is -0.470 e. The predicted molar refractivity (Wildman–Crippen MR) is 107 cm³/mol. The summed E-state index contributed by atoms with van der Waals surface area (Å²) in [4.78, 5) is 23.8. The van der Waals surface area contributed by atoms with Gasteiger partial charge in [0.15, 0.2) is 17.8 Å². The molecular weight excluding hydrogens is 488 g/mol. The molecule has 1 aromatic carbocycles.